The van der Waals surface area contributed by atoms with Crippen LogP contribution in [0, 0.1) is 5.82 Å². The number of rotatable bonds is 2. The zero-order valence-electron chi connectivity index (χ0n) is 13.0. The third-order valence-corrected chi connectivity index (χ3v) is 4.72. The maximum Gasteiger partial charge on any atom is 0.123 e. The summed E-state index contributed by atoms with van der Waals surface area (Å²) >= 11 is 12.8. The summed E-state index contributed by atoms with van der Waals surface area (Å²) in [4.78, 5) is 4.81. The number of para-hydroxylation sites is 1. The van der Waals surface area contributed by atoms with Gasteiger partial charge in [0.2, 0.25) is 0 Å². The number of benzene rings is 3. The van der Waals surface area contributed by atoms with Gasteiger partial charge in [-0.3, -0.25) is 0 Å². The largest absolute Gasteiger partial charge is 0.247 e. The average molecular weight is 368 g/mol. The maximum atomic E-state index is 13.4. The highest BCUT2D eigenvalue weighted by molar-refractivity contribution is 6.38. The van der Waals surface area contributed by atoms with Crippen LogP contribution in [0.4, 0.5) is 4.39 Å². The highest BCUT2D eigenvalue weighted by Gasteiger charge is 2.17. The second-order valence-electron chi connectivity index (χ2n) is 5.68. The summed E-state index contributed by atoms with van der Waals surface area (Å²) in [6.45, 7) is 0. The minimum Gasteiger partial charge on any atom is -0.247 e. The SMILES string of the molecule is Fc1ccc(-c2c(-c3ccc(Cl)cc3)nc3ccccc3c2Cl)cc1. The Morgan fingerprint density at radius 3 is 2.08 bits per heavy atom. The predicted octanol–water partition coefficient (Wildman–Crippen LogP) is 7.01. The first-order valence-electron chi connectivity index (χ1n) is 7.73. The minimum absolute atomic E-state index is 0.290. The molecular formula is C21H12Cl2FN. The molecule has 25 heavy (non-hydrogen) atoms. The van der Waals surface area contributed by atoms with E-state index in [4.69, 9.17) is 28.2 Å². The molecule has 1 heterocycles. The van der Waals surface area contributed by atoms with Crippen molar-refractivity contribution in [2.75, 3.05) is 0 Å². The molecule has 0 unspecified atom stereocenters. The number of aromatic nitrogens is 1. The molecule has 0 radical (unpaired) electrons. The van der Waals surface area contributed by atoms with Gasteiger partial charge in [-0.1, -0.05) is 65.7 Å². The van der Waals surface area contributed by atoms with Crippen molar-refractivity contribution in [2.24, 2.45) is 0 Å². The van der Waals surface area contributed by atoms with Gasteiger partial charge < -0.3 is 0 Å². The Bertz CT molecular complexity index is 1060. The second kappa shape index (κ2) is 6.47. The molecule has 3 aromatic carbocycles. The van der Waals surface area contributed by atoms with Crippen LogP contribution in [0.2, 0.25) is 10.0 Å². The van der Waals surface area contributed by atoms with Crippen LogP contribution in [0.15, 0.2) is 72.8 Å². The molecule has 1 nitrogen and oxygen atoms in total. The van der Waals surface area contributed by atoms with Gasteiger partial charge in [0.15, 0.2) is 0 Å². The van der Waals surface area contributed by atoms with Crippen LogP contribution in [0.1, 0.15) is 0 Å². The monoisotopic (exact) mass is 367 g/mol. The van der Waals surface area contributed by atoms with Gasteiger partial charge in [-0.15, -0.1) is 0 Å². The fourth-order valence-electron chi connectivity index (χ4n) is 2.87. The summed E-state index contributed by atoms with van der Waals surface area (Å²) < 4.78 is 13.4. The van der Waals surface area contributed by atoms with Gasteiger partial charge in [0.25, 0.3) is 0 Å². The van der Waals surface area contributed by atoms with Gasteiger partial charge in [-0.2, -0.15) is 0 Å². The molecule has 4 heteroatoms. The molecule has 0 aliphatic heterocycles. The van der Waals surface area contributed by atoms with E-state index in [1.807, 2.05) is 48.5 Å². The number of nitrogens with zero attached hydrogens (tertiary/aromatic N) is 1. The summed E-state index contributed by atoms with van der Waals surface area (Å²) in [6, 6.07) is 21.4. The van der Waals surface area contributed by atoms with Gasteiger partial charge >= 0.3 is 0 Å². The van der Waals surface area contributed by atoms with Crippen molar-refractivity contribution in [1.82, 2.24) is 4.98 Å². The zero-order chi connectivity index (χ0) is 17.4. The standard InChI is InChI=1S/C21H12Cl2FN/c22-15-9-5-14(6-10-15)21-19(13-7-11-16(24)12-8-13)20(23)17-3-1-2-4-18(17)25-21/h1-12H. The third kappa shape index (κ3) is 2.99. The van der Waals surface area contributed by atoms with Crippen LogP contribution in [-0.2, 0) is 0 Å². The lowest BCUT2D eigenvalue weighted by Gasteiger charge is -2.14. The van der Waals surface area contributed by atoms with Crippen molar-refractivity contribution >= 4 is 34.1 Å². The van der Waals surface area contributed by atoms with Crippen LogP contribution in [-0.4, -0.2) is 4.98 Å². The van der Waals surface area contributed by atoms with Gasteiger partial charge in [0.1, 0.15) is 5.82 Å². The molecule has 4 rings (SSSR count). The Balaban J connectivity index is 2.07. The minimum atomic E-state index is -0.290. The van der Waals surface area contributed by atoms with E-state index in [0.717, 1.165) is 33.3 Å². The quantitative estimate of drug-likeness (QED) is 0.371. The first-order chi connectivity index (χ1) is 12.1. The molecule has 0 spiro atoms. The zero-order valence-corrected chi connectivity index (χ0v) is 14.5. The van der Waals surface area contributed by atoms with E-state index in [-0.39, 0.29) is 5.82 Å². The number of hydrogen-bond donors (Lipinski definition) is 0. The van der Waals surface area contributed by atoms with E-state index < -0.39 is 0 Å². The smallest absolute Gasteiger partial charge is 0.123 e. The highest BCUT2D eigenvalue weighted by Crippen LogP contribution is 2.40. The molecule has 0 fully saturated rings. The van der Waals surface area contributed by atoms with Crippen molar-refractivity contribution in [2.45, 2.75) is 0 Å². The average Bonchev–Trinajstić information content (AvgIpc) is 2.63. The Morgan fingerprint density at radius 2 is 1.36 bits per heavy atom. The summed E-state index contributed by atoms with van der Waals surface area (Å²) in [5, 5.41) is 2.11. The first-order valence-corrected chi connectivity index (χ1v) is 8.49. The Hall–Kier alpha value is -2.42. The Morgan fingerprint density at radius 1 is 0.720 bits per heavy atom. The van der Waals surface area contributed by atoms with Crippen LogP contribution >= 0.6 is 23.2 Å². The van der Waals surface area contributed by atoms with Crippen molar-refractivity contribution < 1.29 is 4.39 Å². The van der Waals surface area contributed by atoms with E-state index in [9.17, 15) is 4.39 Å². The fourth-order valence-corrected chi connectivity index (χ4v) is 3.35. The van der Waals surface area contributed by atoms with Gasteiger partial charge in [0, 0.05) is 21.5 Å². The van der Waals surface area contributed by atoms with Crippen LogP contribution in [0.5, 0.6) is 0 Å². The van der Waals surface area contributed by atoms with Crippen molar-refractivity contribution in [3.05, 3.63) is 88.7 Å². The summed E-state index contributed by atoms with van der Waals surface area (Å²) in [5.41, 5.74) is 4.05. The van der Waals surface area contributed by atoms with E-state index in [0.29, 0.717) is 10.0 Å². The normalized spacial score (nSPS) is 11.0. The van der Waals surface area contributed by atoms with E-state index in [1.54, 1.807) is 12.1 Å². The van der Waals surface area contributed by atoms with Crippen molar-refractivity contribution in [3.63, 3.8) is 0 Å². The number of fused-ring (bicyclic) bond motifs is 1. The molecule has 0 aliphatic carbocycles. The summed E-state index contributed by atoms with van der Waals surface area (Å²) in [6.07, 6.45) is 0. The van der Waals surface area contributed by atoms with E-state index in [1.165, 1.54) is 12.1 Å². The Labute approximate surface area is 154 Å². The molecule has 0 amide bonds. The van der Waals surface area contributed by atoms with Crippen LogP contribution in [0.3, 0.4) is 0 Å². The molecule has 0 aliphatic rings. The van der Waals surface area contributed by atoms with E-state index >= 15 is 0 Å². The fraction of sp³-hybridized carbons (Fsp3) is 0. The summed E-state index contributed by atoms with van der Waals surface area (Å²) in [7, 11) is 0. The maximum absolute atomic E-state index is 13.4. The molecule has 0 bridgehead atoms. The van der Waals surface area contributed by atoms with Crippen LogP contribution in [0.25, 0.3) is 33.3 Å². The number of hydrogen-bond acceptors (Lipinski definition) is 1. The molecule has 0 N–H and O–H groups in total. The van der Waals surface area contributed by atoms with E-state index in [2.05, 4.69) is 0 Å². The second-order valence-corrected chi connectivity index (χ2v) is 6.49. The lowest BCUT2D eigenvalue weighted by molar-refractivity contribution is 0.628. The van der Waals surface area contributed by atoms with Crippen LogP contribution < -0.4 is 0 Å². The Kier molecular flexibility index (Phi) is 4.16. The van der Waals surface area contributed by atoms with Crippen molar-refractivity contribution in [1.29, 1.82) is 0 Å². The molecule has 0 saturated heterocycles. The first kappa shape index (κ1) is 16.1. The lowest BCUT2D eigenvalue weighted by Crippen LogP contribution is -1.93. The topological polar surface area (TPSA) is 12.9 Å². The molecule has 1 aromatic heterocycles. The highest BCUT2D eigenvalue weighted by atomic mass is 35.5. The lowest BCUT2D eigenvalue weighted by atomic mass is 9.97. The predicted molar refractivity (Wildman–Crippen MR) is 103 cm³/mol. The molecule has 4 aromatic rings. The molecule has 122 valence electrons. The number of pyridine rings is 1. The van der Waals surface area contributed by atoms with Gasteiger partial charge in [-0.25, -0.2) is 9.37 Å². The third-order valence-electron chi connectivity index (χ3n) is 4.08. The van der Waals surface area contributed by atoms with Gasteiger partial charge in [0.05, 0.1) is 16.2 Å². The summed E-state index contributed by atoms with van der Waals surface area (Å²) in [5.74, 6) is -0.290. The van der Waals surface area contributed by atoms with Crippen molar-refractivity contribution in [3.8, 4) is 22.4 Å². The number of halogens is 3. The molecule has 0 saturated carbocycles. The molecule has 0 atom stereocenters. The van der Waals surface area contributed by atoms with Gasteiger partial charge in [-0.05, 0) is 35.9 Å². The molecular weight excluding hydrogens is 356 g/mol.